The zero-order valence-electron chi connectivity index (χ0n) is 20.4. The third-order valence-electron chi connectivity index (χ3n) is 5.81. The van der Waals surface area contributed by atoms with E-state index < -0.39 is 0 Å². The molecule has 4 aromatic rings. The fourth-order valence-corrected chi connectivity index (χ4v) is 6.27. The second kappa shape index (κ2) is 18.9. The Morgan fingerprint density at radius 3 is 2.31 bits per heavy atom. The summed E-state index contributed by atoms with van der Waals surface area (Å²) < 4.78 is 0. The first kappa shape index (κ1) is 31.7. The summed E-state index contributed by atoms with van der Waals surface area (Å²) in [6, 6.07) is 35.4. The number of hydrogen-bond donors (Lipinski definition) is 0. The molecular formula is C31H34Cl2SiZr-2. The van der Waals surface area contributed by atoms with Gasteiger partial charge in [0, 0.05) is 5.92 Å². The van der Waals surface area contributed by atoms with Crippen molar-refractivity contribution in [1.29, 1.82) is 0 Å². The summed E-state index contributed by atoms with van der Waals surface area (Å²) in [5.41, 5.74) is 4.43. The van der Waals surface area contributed by atoms with E-state index in [0.717, 1.165) is 0 Å². The Morgan fingerprint density at radius 1 is 0.857 bits per heavy atom. The minimum absolute atomic E-state index is 0. The molecule has 182 valence electrons. The van der Waals surface area contributed by atoms with E-state index in [4.69, 9.17) is 0 Å². The van der Waals surface area contributed by atoms with Gasteiger partial charge in [-0.05, 0) is 11.1 Å². The summed E-state index contributed by atoms with van der Waals surface area (Å²) in [5, 5.41) is 2.66. The van der Waals surface area contributed by atoms with Gasteiger partial charge in [-0.3, -0.25) is 0 Å². The van der Waals surface area contributed by atoms with Gasteiger partial charge in [-0.1, -0.05) is 62.2 Å². The molecule has 1 unspecified atom stereocenters. The molecule has 0 heterocycles. The molecule has 4 heteroatoms. The summed E-state index contributed by atoms with van der Waals surface area (Å²) in [6.45, 7) is 2.24. The molecule has 0 fully saturated rings. The van der Waals surface area contributed by atoms with E-state index in [0.29, 0.717) is 12.1 Å². The van der Waals surface area contributed by atoms with Crippen molar-refractivity contribution in [3.8, 4) is 0 Å². The van der Waals surface area contributed by atoms with Crippen LogP contribution >= 0.6 is 0 Å². The van der Waals surface area contributed by atoms with Gasteiger partial charge in [0.2, 0.25) is 0 Å². The Kier molecular flexibility index (Phi) is 17.1. The quantitative estimate of drug-likeness (QED) is 0.175. The van der Waals surface area contributed by atoms with Crippen molar-refractivity contribution in [2.75, 3.05) is 0 Å². The minimum atomic E-state index is 0. The van der Waals surface area contributed by atoms with Gasteiger partial charge in [-0.2, -0.15) is 30.4 Å². The van der Waals surface area contributed by atoms with Crippen molar-refractivity contribution < 1.29 is 48.1 Å². The fourth-order valence-electron chi connectivity index (χ4n) is 4.02. The summed E-state index contributed by atoms with van der Waals surface area (Å²) in [4.78, 5) is 0. The van der Waals surface area contributed by atoms with Crippen molar-refractivity contribution in [3.63, 3.8) is 0 Å². The molecular weight excluding hydrogens is 563 g/mol. The molecule has 0 nitrogen and oxygen atoms in total. The van der Waals surface area contributed by atoms with Gasteiger partial charge in [0.15, 0.2) is 0 Å². The van der Waals surface area contributed by atoms with Gasteiger partial charge >= 0.3 is 71.4 Å². The average Bonchev–Trinajstić information content (AvgIpc) is 3.51. The predicted octanol–water partition coefficient (Wildman–Crippen LogP) is 2.23. The van der Waals surface area contributed by atoms with Crippen LogP contribution in [0.25, 0.3) is 16.8 Å². The molecule has 0 spiro atoms. The van der Waals surface area contributed by atoms with E-state index in [9.17, 15) is 0 Å². The van der Waals surface area contributed by atoms with Gasteiger partial charge in [0.1, 0.15) is 0 Å². The minimum Gasteiger partial charge on any atom is -0.168 e. The fraction of sp³-hybridized carbons (Fsp3) is 0.226. The van der Waals surface area contributed by atoms with E-state index in [1.165, 1.54) is 59.2 Å². The zero-order valence-corrected chi connectivity index (χ0v) is 25.5. The van der Waals surface area contributed by atoms with Crippen LogP contribution in [-0.2, 0) is 29.4 Å². The standard InChI is InChI=1S/C15H19.C9H7.C7H8Si.2ClH.Zr/c1-2-3-4-5-8-13-11-12-14-9-6-7-10-15(13)14;1-2-5-9-7-3-6-8(9)4-1;8-6-7-4-2-1-3-5-7;;;/h4,6-7,9-13H,2-3,5,8H2,1H3;1-7H;1-5,8H,6H2;2*1H;/q2*-1;;;;+2/p-2. The second-order valence-electron chi connectivity index (χ2n) is 8.30. The van der Waals surface area contributed by atoms with Crippen LogP contribution in [0.2, 0.25) is 0 Å². The molecule has 0 radical (unpaired) electrons. The molecule has 0 bridgehead atoms. The largest absolute Gasteiger partial charge is 0.168 e. The van der Waals surface area contributed by atoms with Crippen LogP contribution in [-0.4, -0.2) is 6.16 Å². The monoisotopic (exact) mass is 594 g/mol. The number of rotatable bonds is 7. The van der Waals surface area contributed by atoms with Gasteiger partial charge < -0.3 is 31.2 Å². The van der Waals surface area contributed by atoms with Gasteiger partial charge in [0.05, 0.1) is 0 Å². The summed E-state index contributed by atoms with van der Waals surface area (Å²) in [7, 11) is 0. The maximum Gasteiger partial charge on any atom is -0.0809 e. The number of hydrogen-bond acceptors (Lipinski definition) is 0. The Morgan fingerprint density at radius 2 is 1.57 bits per heavy atom. The van der Waals surface area contributed by atoms with E-state index >= 15 is 0 Å². The van der Waals surface area contributed by atoms with Gasteiger partial charge in [0.25, 0.3) is 0 Å². The number of fused-ring (bicyclic) bond motifs is 2. The van der Waals surface area contributed by atoms with Crippen molar-refractivity contribution in [2.24, 2.45) is 0 Å². The average molecular weight is 597 g/mol. The molecule has 35 heavy (non-hydrogen) atoms. The molecule has 1 atom stereocenters. The van der Waals surface area contributed by atoms with Crippen LogP contribution in [0.1, 0.15) is 55.2 Å². The number of benzene rings is 3. The third-order valence-corrected chi connectivity index (χ3v) is 7.99. The Bertz CT molecular complexity index is 1090. The summed E-state index contributed by atoms with van der Waals surface area (Å²) in [6.07, 6.45) is 12.8. The van der Waals surface area contributed by atoms with E-state index in [-0.39, 0.29) is 24.8 Å². The third kappa shape index (κ3) is 11.1. The number of halogens is 2. The van der Waals surface area contributed by atoms with Crippen LogP contribution in [0.3, 0.4) is 0 Å². The van der Waals surface area contributed by atoms with E-state index in [1.54, 1.807) is 23.3 Å². The van der Waals surface area contributed by atoms with Crippen LogP contribution in [0, 0.1) is 6.42 Å². The number of unbranched alkanes of at least 4 members (excludes halogenated alkanes) is 3. The molecule has 4 aromatic carbocycles. The molecule has 1 aliphatic carbocycles. The Labute approximate surface area is 240 Å². The normalized spacial score (nSPS) is 12.7. The second-order valence-corrected chi connectivity index (χ2v) is 12.1. The first-order valence-corrected chi connectivity index (χ1v) is 17.7. The van der Waals surface area contributed by atoms with E-state index in [2.05, 4.69) is 123 Å². The molecule has 0 saturated heterocycles. The first-order valence-electron chi connectivity index (χ1n) is 12.0. The van der Waals surface area contributed by atoms with Crippen molar-refractivity contribution in [3.05, 3.63) is 126 Å². The smallest absolute Gasteiger partial charge is 0.0809 e. The molecule has 0 amide bonds. The van der Waals surface area contributed by atoms with Crippen LogP contribution in [0.5, 0.6) is 0 Å². The summed E-state index contributed by atoms with van der Waals surface area (Å²) in [5.74, 6) is 0.661. The topological polar surface area (TPSA) is 0 Å². The van der Waals surface area contributed by atoms with Gasteiger partial charge in [-0.15, -0.1) is 29.7 Å². The Balaban J connectivity index is 0.000000268. The number of allylic oxidation sites excluding steroid dienone is 1. The van der Waals surface area contributed by atoms with E-state index in [1.807, 2.05) is 0 Å². The van der Waals surface area contributed by atoms with Crippen molar-refractivity contribution >= 4 is 23.0 Å². The molecule has 0 aliphatic heterocycles. The first-order chi connectivity index (χ1) is 16.3. The molecule has 0 aromatic heterocycles. The zero-order chi connectivity index (χ0) is 23.1. The van der Waals surface area contributed by atoms with Crippen LogP contribution in [0.15, 0.2) is 103 Å². The summed E-state index contributed by atoms with van der Waals surface area (Å²) >= 11 is 1.72. The molecule has 1 aliphatic rings. The van der Waals surface area contributed by atoms with Crippen LogP contribution in [0.4, 0.5) is 0 Å². The van der Waals surface area contributed by atoms with Crippen molar-refractivity contribution in [1.82, 2.24) is 0 Å². The SMILES string of the molecule is CCC[CH-]CCC1C=Cc2ccccc21.[Cl-].[Cl-].[Zr+2]=[SiH]Cc1ccccc1.c1ccc2[cH-]ccc2c1. The molecule has 5 rings (SSSR count). The van der Waals surface area contributed by atoms with Crippen LogP contribution < -0.4 is 24.8 Å². The molecule has 0 saturated carbocycles. The van der Waals surface area contributed by atoms with Crippen molar-refractivity contribution in [2.45, 2.75) is 44.6 Å². The predicted molar refractivity (Wildman–Crippen MR) is 143 cm³/mol. The molecule has 0 N–H and O–H groups in total. The maximum absolute atomic E-state index is 2.43. The van der Waals surface area contributed by atoms with Gasteiger partial charge in [-0.25, -0.2) is 0 Å². The Hall–Kier alpha value is -1.31. The maximum atomic E-state index is 2.43.